The van der Waals surface area contributed by atoms with E-state index in [2.05, 4.69) is 36.1 Å². The van der Waals surface area contributed by atoms with Crippen LogP contribution in [0.15, 0.2) is 6.33 Å². The van der Waals surface area contributed by atoms with Gasteiger partial charge in [0.15, 0.2) is 0 Å². The van der Waals surface area contributed by atoms with E-state index in [0.29, 0.717) is 19.1 Å². The Morgan fingerprint density at radius 3 is 2.58 bits per heavy atom. The van der Waals surface area contributed by atoms with Gasteiger partial charge in [-0.3, -0.25) is 0 Å². The Kier molecular flexibility index (Phi) is 7.89. The van der Waals surface area contributed by atoms with Gasteiger partial charge in [0, 0.05) is 13.2 Å². The van der Waals surface area contributed by atoms with Crippen molar-refractivity contribution in [3.8, 4) is 5.88 Å². The Balaban J connectivity index is 2.56. The van der Waals surface area contributed by atoms with Gasteiger partial charge < -0.3 is 14.8 Å². The molecule has 0 unspecified atom stereocenters. The number of hydrogen-bond acceptors (Lipinski definition) is 5. The van der Waals surface area contributed by atoms with Crippen molar-refractivity contribution in [2.75, 3.05) is 31.7 Å². The Hall–Kier alpha value is -1.36. The number of nitrogens with one attached hydrogen (secondary N) is 1. The zero-order valence-corrected chi connectivity index (χ0v) is 12.2. The molecule has 0 aliphatic rings. The van der Waals surface area contributed by atoms with Crippen LogP contribution in [0.4, 0.5) is 5.82 Å². The first-order chi connectivity index (χ1) is 9.33. The van der Waals surface area contributed by atoms with Crippen molar-refractivity contribution in [1.29, 1.82) is 0 Å². The maximum absolute atomic E-state index is 5.68. The van der Waals surface area contributed by atoms with E-state index in [4.69, 9.17) is 9.47 Å². The van der Waals surface area contributed by atoms with Crippen molar-refractivity contribution < 1.29 is 9.47 Å². The Morgan fingerprint density at radius 2 is 1.89 bits per heavy atom. The number of nitrogens with zero attached hydrogens (tertiary/aromatic N) is 2. The van der Waals surface area contributed by atoms with E-state index in [1.165, 1.54) is 0 Å². The molecule has 0 radical (unpaired) electrons. The summed E-state index contributed by atoms with van der Waals surface area (Å²) in [4.78, 5) is 8.48. The third-order valence-corrected chi connectivity index (χ3v) is 2.62. The summed E-state index contributed by atoms with van der Waals surface area (Å²) >= 11 is 0. The normalized spacial score (nSPS) is 10.5. The van der Waals surface area contributed by atoms with Gasteiger partial charge in [-0.05, 0) is 19.3 Å². The van der Waals surface area contributed by atoms with Crippen LogP contribution in [0.5, 0.6) is 5.88 Å². The molecular formula is C14H25N3O2. The SMILES string of the molecule is CCCNc1ncnc(OCCOCCC)c1CC. The number of anilines is 1. The van der Waals surface area contributed by atoms with Gasteiger partial charge in [0.1, 0.15) is 18.8 Å². The first-order valence-corrected chi connectivity index (χ1v) is 7.11. The second kappa shape index (κ2) is 9.55. The summed E-state index contributed by atoms with van der Waals surface area (Å²) in [6.45, 7) is 9.10. The van der Waals surface area contributed by atoms with Crippen molar-refractivity contribution >= 4 is 5.82 Å². The van der Waals surface area contributed by atoms with Crippen LogP contribution in [0, 0.1) is 0 Å². The topological polar surface area (TPSA) is 56.3 Å². The summed E-state index contributed by atoms with van der Waals surface area (Å²) < 4.78 is 11.1. The first kappa shape index (κ1) is 15.7. The molecule has 0 aromatic carbocycles. The Bertz CT molecular complexity index is 359. The highest BCUT2D eigenvalue weighted by atomic mass is 16.5. The highest BCUT2D eigenvalue weighted by Gasteiger charge is 2.10. The summed E-state index contributed by atoms with van der Waals surface area (Å²) in [5, 5.41) is 3.30. The number of hydrogen-bond donors (Lipinski definition) is 1. The Labute approximate surface area is 115 Å². The molecule has 5 nitrogen and oxygen atoms in total. The highest BCUT2D eigenvalue weighted by molar-refractivity contribution is 5.48. The van der Waals surface area contributed by atoms with Gasteiger partial charge in [-0.25, -0.2) is 9.97 Å². The monoisotopic (exact) mass is 267 g/mol. The molecule has 0 fully saturated rings. The minimum Gasteiger partial charge on any atom is -0.475 e. The van der Waals surface area contributed by atoms with E-state index in [1.54, 1.807) is 6.33 Å². The standard InChI is InChI=1S/C14H25N3O2/c1-4-7-15-13-12(6-3)14(17-11-16-13)19-10-9-18-8-5-2/h11H,4-10H2,1-3H3,(H,15,16,17). The highest BCUT2D eigenvalue weighted by Crippen LogP contribution is 2.22. The lowest BCUT2D eigenvalue weighted by Crippen LogP contribution is -2.12. The fourth-order valence-electron chi connectivity index (χ4n) is 1.68. The molecule has 0 spiro atoms. The predicted octanol–water partition coefficient (Wildman–Crippen LogP) is 2.67. The molecular weight excluding hydrogens is 242 g/mol. The third kappa shape index (κ3) is 5.42. The zero-order chi connectivity index (χ0) is 13.9. The predicted molar refractivity (Wildman–Crippen MR) is 76.8 cm³/mol. The molecule has 0 saturated heterocycles. The van der Waals surface area contributed by atoms with Gasteiger partial charge in [0.2, 0.25) is 5.88 Å². The minimum absolute atomic E-state index is 0.525. The van der Waals surface area contributed by atoms with Gasteiger partial charge >= 0.3 is 0 Å². The lowest BCUT2D eigenvalue weighted by Gasteiger charge is -2.13. The summed E-state index contributed by atoms with van der Waals surface area (Å²) in [7, 11) is 0. The van der Waals surface area contributed by atoms with Crippen LogP contribution in [0.2, 0.25) is 0 Å². The van der Waals surface area contributed by atoms with Gasteiger partial charge in [-0.2, -0.15) is 0 Å². The second-order valence-electron chi connectivity index (χ2n) is 4.25. The van der Waals surface area contributed by atoms with E-state index < -0.39 is 0 Å². The molecule has 0 atom stereocenters. The molecule has 0 aliphatic heterocycles. The fourth-order valence-corrected chi connectivity index (χ4v) is 1.68. The molecule has 108 valence electrons. The second-order valence-corrected chi connectivity index (χ2v) is 4.25. The van der Waals surface area contributed by atoms with E-state index in [1.807, 2.05) is 0 Å². The van der Waals surface area contributed by atoms with Gasteiger partial charge in [-0.15, -0.1) is 0 Å². The van der Waals surface area contributed by atoms with Crippen molar-refractivity contribution in [3.05, 3.63) is 11.9 Å². The lowest BCUT2D eigenvalue weighted by atomic mass is 10.2. The zero-order valence-electron chi connectivity index (χ0n) is 12.2. The van der Waals surface area contributed by atoms with Crippen LogP contribution in [-0.2, 0) is 11.2 Å². The lowest BCUT2D eigenvalue weighted by molar-refractivity contribution is 0.0986. The van der Waals surface area contributed by atoms with Gasteiger partial charge in [-0.1, -0.05) is 20.8 Å². The molecule has 5 heteroatoms. The quantitative estimate of drug-likeness (QED) is 0.660. The first-order valence-electron chi connectivity index (χ1n) is 7.11. The maximum Gasteiger partial charge on any atom is 0.221 e. The molecule has 0 aliphatic carbocycles. The fraction of sp³-hybridized carbons (Fsp3) is 0.714. The van der Waals surface area contributed by atoms with E-state index in [-0.39, 0.29) is 0 Å². The molecule has 1 N–H and O–H groups in total. The third-order valence-electron chi connectivity index (χ3n) is 2.62. The molecule has 1 heterocycles. The van der Waals surface area contributed by atoms with Crippen LogP contribution in [0.25, 0.3) is 0 Å². The summed E-state index contributed by atoms with van der Waals surface area (Å²) in [6.07, 6.45) is 4.48. The largest absolute Gasteiger partial charge is 0.475 e. The van der Waals surface area contributed by atoms with Gasteiger partial charge in [0.25, 0.3) is 0 Å². The van der Waals surface area contributed by atoms with E-state index in [9.17, 15) is 0 Å². The van der Waals surface area contributed by atoms with Crippen molar-refractivity contribution in [2.45, 2.75) is 40.0 Å². The number of aromatic nitrogens is 2. The average molecular weight is 267 g/mol. The number of rotatable bonds is 10. The smallest absolute Gasteiger partial charge is 0.221 e. The van der Waals surface area contributed by atoms with E-state index >= 15 is 0 Å². The van der Waals surface area contributed by atoms with E-state index in [0.717, 1.165) is 43.8 Å². The molecule has 1 aromatic heterocycles. The maximum atomic E-state index is 5.68. The molecule has 0 bridgehead atoms. The molecule has 1 aromatic rings. The van der Waals surface area contributed by atoms with Crippen LogP contribution in [0.3, 0.4) is 0 Å². The van der Waals surface area contributed by atoms with Crippen molar-refractivity contribution in [2.24, 2.45) is 0 Å². The van der Waals surface area contributed by atoms with Crippen LogP contribution in [-0.4, -0.2) is 36.3 Å². The molecule has 1 rings (SSSR count). The molecule has 0 amide bonds. The average Bonchev–Trinajstić information content (AvgIpc) is 2.44. The Morgan fingerprint density at radius 1 is 1.05 bits per heavy atom. The van der Waals surface area contributed by atoms with Crippen molar-refractivity contribution in [1.82, 2.24) is 9.97 Å². The summed E-state index contributed by atoms with van der Waals surface area (Å²) in [6, 6.07) is 0. The van der Waals surface area contributed by atoms with Gasteiger partial charge in [0.05, 0.1) is 12.2 Å². The van der Waals surface area contributed by atoms with Crippen LogP contribution < -0.4 is 10.1 Å². The molecule has 0 saturated carbocycles. The van der Waals surface area contributed by atoms with Crippen LogP contribution >= 0.6 is 0 Å². The summed E-state index contributed by atoms with van der Waals surface area (Å²) in [5.74, 6) is 1.54. The molecule has 19 heavy (non-hydrogen) atoms. The number of ether oxygens (including phenoxy) is 2. The van der Waals surface area contributed by atoms with Crippen molar-refractivity contribution in [3.63, 3.8) is 0 Å². The summed E-state index contributed by atoms with van der Waals surface area (Å²) in [5.41, 5.74) is 1.03. The van der Waals surface area contributed by atoms with Crippen LogP contribution in [0.1, 0.15) is 39.2 Å². The minimum atomic E-state index is 0.525.